The summed E-state index contributed by atoms with van der Waals surface area (Å²) in [6.07, 6.45) is 0. The molecule has 2 amide bonds. The molecule has 1 aromatic heterocycles. The molecule has 2 N–H and O–H groups in total. The van der Waals surface area contributed by atoms with Crippen molar-refractivity contribution in [3.05, 3.63) is 51.9 Å². The predicted octanol–water partition coefficient (Wildman–Crippen LogP) is 2.40. The van der Waals surface area contributed by atoms with Crippen LogP contribution in [-0.2, 0) is 19.0 Å². The third-order valence-electron chi connectivity index (χ3n) is 4.03. The number of thiophene rings is 1. The van der Waals surface area contributed by atoms with E-state index in [1.807, 2.05) is 0 Å². The zero-order valence-corrected chi connectivity index (χ0v) is 18.3. The molecule has 2 aromatic rings. The standard InChI is InChI=1S/C21H24N2O7S/c1-4-29-20(26)16-13(2)17(21(27)30-11-10-28-3)31-19(16)23-15(24)12-22-18(25)14-8-6-5-7-9-14/h5-9H,4,10-12H2,1-3H3,(H,22,25)(H,23,24). The number of nitrogens with one attached hydrogen (secondary N) is 2. The van der Waals surface area contributed by atoms with Crippen LogP contribution < -0.4 is 10.6 Å². The fourth-order valence-corrected chi connectivity index (χ4v) is 3.66. The smallest absolute Gasteiger partial charge is 0.348 e. The predicted molar refractivity (Wildman–Crippen MR) is 115 cm³/mol. The van der Waals surface area contributed by atoms with E-state index in [-0.39, 0.29) is 41.8 Å². The lowest BCUT2D eigenvalue weighted by atomic mass is 10.1. The summed E-state index contributed by atoms with van der Waals surface area (Å²) in [5.41, 5.74) is 0.832. The molecular formula is C21H24N2O7S. The summed E-state index contributed by atoms with van der Waals surface area (Å²) in [6.45, 7) is 3.31. The highest BCUT2D eigenvalue weighted by atomic mass is 32.1. The molecule has 2 rings (SSSR count). The highest BCUT2D eigenvalue weighted by molar-refractivity contribution is 7.18. The molecule has 0 aliphatic rings. The average Bonchev–Trinajstić information content (AvgIpc) is 3.08. The quantitative estimate of drug-likeness (QED) is 0.423. The molecule has 0 radical (unpaired) electrons. The van der Waals surface area contributed by atoms with Gasteiger partial charge in [0, 0.05) is 12.7 Å². The minimum Gasteiger partial charge on any atom is -0.462 e. The van der Waals surface area contributed by atoms with Crippen molar-refractivity contribution < 1.29 is 33.4 Å². The summed E-state index contributed by atoms with van der Waals surface area (Å²) < 4.78 is 15.0. The van der Waals surface area contributed by atoms with Gasteiger partial charge in [-0.1, -0.05) is 18.2 Å². The Labute approximate surface area is 183 Å². The Hall–Kier alpha value is -3.24. The Bertz CT molecular complexity index is 941. The zero-order chi connectivity index (χ0) is 22.8. The first-order valence-electron chi connectivity index (χ1n) is 9.48. The van der Waals surface area contributed by atoms with E-state index in [1.54, 1.807) is 44.2 Å². The van der Waals surface area contributed by atoms with Crippen molar-refractivity contribution in [3.63, 3.8) is 0 Å². The van der Waals surface area contributed by atoms with Gasteiger partial charge in [-0.05, 0) is 31.5 Å². The highest BCUT2D eigenvalue weighted by Gasteiger charge is 2.27. The van der Waals surface area contributed by atoms with Crippen LogP contribution in [0.3, 0.4) is 0 Å². The van der Waals surface area contributed by atoms with Gasteiger partial charge < -0.3 is 24.8 Å². The Balaban J connectivity index is 2.14. The lowest BCUT2D eigenvalue weighted by Gasteiger charge is -2.08. The maximum Gasteiger partial charge on any atom is 0.348 e. The second kappa shape index (κ2) is 11.8. The Morgan fingerprint density at radius 1 is 1.00 bits per heavy atom. The second-order valence-electron chi connectivity index (χ2n) is 6.21. The summed E-state index contributed by atoms with van der Waals surface area (Å²) in [4.78, 5) is 49.4. The van der Waals surface area contributed by atoms with Crippen LogP contribution >= 0.6 is 11.3 Å². The fourth-order valence-electron chi connectivity index (χ4n) is 2.55. The molecular weight excluding hydrogens is 424 g/mol. The molecule has 0 fully saturated rings. The molecule has 0 aliphatic carbocycles. The molecule has 1 heterocycles. The first-order valence-corrected chi connectivity index (χ1v) is 10.3. The maximum absolute atomic E-state index is 12.4. The lowest BCUT2D eigenvalue weighted by molar-refractivity contribution is -0.115. The van der Waals surface area contributed by atoms with Crippen LogP contribution in [0.5, 0.6) is 0 Å². The second-order valence-corrected chi connectivity index (χ2v) is 7.23. The number of hydrogen-bond donors (Lipinski definition) is 2. The van der Waals surface area contributed by atoms with Crippen LogP contribution in [0.2, 0.25) is 0 Å². The van der Waals surface area contributed by atoms with E-state index in [4.69, 9.17) is 14.2 Å². The molecule has 10 heteroatoms. The SMILES string of the molecule is CCOC(=O)c1c(NC(=O)CNC(=O)c2ccccc2)sc(C(=O)OCCOC)c1C. The molecule has 0 spiro atoms. The Kier molecular flexibility index (Phi) is 9.16. The van der Waals surface area contributed by atoms with Crippen molar-refractivity contribution >= 4 is 40.1 Å². The van der Waals surface area contributed by atoms with Crippen LogP contribution in [0.25, 0.3) is 0 Å². The van der Waals surface area contributed by atoms with Gasteiger partial charge >= 0.3 is 11.9 Å². The van der Waals surface area contributed by atoms with Crippen LogP contribution in [-0.4, -0.2) is 57.2 Å². The van der Waals surface area contributed by atoms with Gasteiger partial charge in [0.05, 0.1) is 25.3 Å². The van der Waals surface area contributed by atoms with E-state index in [0.29, 0.717) is 11.1 Å². The monoisotopic (exact) mass is 448 g/mol. The summed E-state index contributed by atoms with van der Waals surface area (Å²) in [5, 5.41) is 5.22. The van der Waals surface area contributed by atoms with Crippen molar-refractivity contribution in [2.45, 2.75) is 13.8 Å². The van der Waals surface area contributed by atoms with Crippen molar-refractivity contribution in [3.8, 4) is 0 Å². The van der Waals surface area contributed by atoms with E-state index < -0.39 is 23.8 Å². The Morgan fingerprint density at radius 2 is 1.71 bits per heavy atom. The average molecular weight is 448 g/mol. The number of ether oxygens (including phenoxy) is 3. The largest absolute Gasteiger partial charge is 0.462 e. The van der Waals surface area contributed by atoms with Crippen LogP contribution in [0, 0.1) is 6.92 Å². The number of anilines is 1. The number of hydrogen-bond acceptors (Lipinski definition) is 8. The molecule has 166 valence electrons. The number of carbonyl (C=O) groups excluding carboxylic acids is 4. The summed E-state index contributed by atoms with van der Waals surface area (Å²) in [5.74, 6) is -2.28. The molecule has 9 nitrogen and oxygen atoms in total. The minimum atomic E-state index is -0.671. The van der Waals surface area contributed by atoms with Crippen molar-refractivity contribution in [1.29, 1.82) is 0 Å². The maximum atomic E-state index is 12.4. The first-order chi connectivity index (χ1) is 14.9. The molecule has 0 saturated heterocycles. The highest BCUT2D eigenvalue weighted by Crippen LogP contribution is 2.34. The van der Waals surface area contributed by atoms with E-state index in [0.717, 1.165) is 11.3 Å². The van der Waals surface area contributed by atoms with Gasteiger partial charge in [0.2, 0.25) is 5.91 Å². The van der Waals surface area contributed by atoms with Crippen LogP contribution in [0.4, 0.5) is 5.00 Å². The van der Waals surface area contributed by atoms with Crippen LogP contribution in [0.15, 0.2) is 30.3 Å². The number of carbonyl (C=O) groups is 4. The van der Waals surface area contributed by atoms with E-state index in [2.05, 4.69) is 10.6 Å². The van der Waals surface area contributed by atoms with Gasteiger partial charge in [0.25, 0.3) is 5.91 Å². The number of benzene rings is 1. The molecule has 1 aromatic carbocycles. The number of methoxy groups -OCH3 is 1. The summed E-state index contributed by atoms with van der Waals surface area (Å²) in [6, 6.07) is 8.44. The van der Waals surface area contributed by atoms with Gasteiger partial charge in [-0.3, -0.25) is 9.59 Å². The summed E-state index contributed by atoms with van der Waals surface area (Å²) in [7, 11) is 1.48. The topological polar surface area (TPSA) is 120 Å². The number of esters is 2. The fraction of sp³-hybridized carbons (Fsp3) is 0.333. The summed E-state index contributed by atoms with van der Waals surface area (Å²) >= 11 is 0.905. The lowest BCUT2D eigenvalue weighted by Crippen LogP contribution is -2.33. The van der Waals surface area contributed by atoms with Crippen LogP contribution in [0.1, 0.15) is 42.9 Å². The van der Waals surface area contributed by atoms with Gasteiger partial charge in [0.15, 0.2) is 0 Å². The van der Waals surface area contributed by atoms with Gasteiger partial charge in [-0.15, -0.1) is 11.3 Å². The number of rotatable bonds is 10. The molecule has 31 heavy (non-hydrogen) atoms. The third-order valence-corrected chi connectivity index (χ3v) is 5.22. The molecule has 0 saturated carbocycles. The zero-order valence-electron chi connectivity index (χ0n) is 17.5. The normalized spacial score (nSPS) is 10.3. The third kappa shape index (κ3) is 6.63. The molecule has 0 atom stereocenters. The van der Waals surface area contributed by atoms with Gasteiger partial charge in [-0.25, -0.2) is 9.59 Å². The van der Waals surface area contributed by atoms with Crippen molar-refractivity contribution in [1.82, 2.24) is 5.32 Å². The van der Waals surface area contributed by atoms with E-state index >= 15 is 0 Å². The first kappa shape index (κ1) is 24.0. The van der Waals surface area contributed by atoms with E-state index in [9.17, 15) is 19.2 Å². The number of amides is 2. The Morgan fingerprint density at radius 3 is 2.35 bits per heavy atom. The molecule has 0 bridgehead atoms. The van der Waals surface area contributed by atoms with Crippen molar-refractivity contribution in [2.24, 2.45) is 0 Å². The van der Waals surface area contributed by atoms with Gasteiger partial charge in [-0.2, -0.15) is 0 Å². The van der Waals surface area contributed by atoms with E-state index in [1.165, 1.54) is 7.11 Å². The molecule has 0 aliphatic heterocycles. The van der Waals surface area contributed by atoms with Gasteiger partial charge in [0.1, 0.15) is 16.5 Å². The minimum absolute atomic E-state index is 0.0502. The van der Waals surface area contributed by atoms with Crippen molar-refractivity contribution in [2.75, 3.05) is 38.8 Å². The molecule has 0 unspecified atom stereocenters.